The zero-order valence-electron chi connectivity index (χ0n) is 15.9. The number of nitrogens with one attached hydrogen (secondary N) is 1. The van der Waals surface area contributed by atoms with Crippen molar-refractivity contribution >= 4 is 56.3 Å². The van der Waals surface area contributed by atoms with Crippen LogP contribution in [0.3, 0.4) is 0 Å². The molecule has 1 aliphatic heterocycles. The first-order valence-electron chi connectivity index (χ1n) is 9.04. The molecule has 0 radical (unpaired) electrons. The third kappa shape index (κ3) is 5.35. The van der Waals surface area contributed by atoms with Gasteiger partial charge in [-0.05, 0) is 71.9 Å². The van der Waals surface area contributed by atoms with Gasteiger partial charge in [0.2, 0.25) is 0 Å². The van der Waals surface area contributed by atoms with Crippen LogP contribution >= 0.6 is 23.4 Å². The van der Waals surface area contributed by atoms with Gasteiger partial charge in [0.05, 0.1) is 10.6 Å². The lowest BCUT2D eigenvalue weighted by atomic mass is 10.2. The van der Waals surface area contributed by atoms with E-state index in [0.29, 0.717) is 26.3 Å². The molecule has 4 rings (SSSR count). The van der Waals surface area contributed by atoms with E-state index in [1.54, 1.807) is 66.7 Å². The van der Waals surface area contributed by atoms with Crippen molar-refractivity contribution in [2.24, 2.45) is 4.99 Å². The number of halogens is 1. The minimum Gasteiger partial charge on any atom is -0.379 e. The summed E-state index contributed by atoms with van der Waals surface area (Å²) in [4.78, 5) is 17.2. The Morgan fingerprint density at radius 2 is 1.71 bits per heavy atom. The predicted molar refractivity (Wildman–Crippen MR) is 123 cm³/mol. The Morgan fingerprint density at radius 3 is 2.45 bits per heavy atom. The predicted octanol–water partition coefficient (Wildman–Crippen LogP) is 5.00. The molecule has 0 aliphatic carbocycles. The Kier molecular flexibility index (Phi) is 6.13. The van der Waals surface area contributed by atoms with Gasteiger partial charge in [0.25, 0.3) is 5.91 Å². The van der Waals surface area contributed by atoms with E-state index in [1.807, 2.05) is 0 Å². The zero-order valence-corrected chi connectivity index (χ0v) is 18.2. The molecule has 156 valence electrons. The fourth-order valence-electron chi connectivity index (χ4n) is 2.68. The largest absolute Gasteiger partial charge is 0.379 e. The van der Waals surface area contributed by atoms with Crippen LogP contribution in [0.15, 0.2) is 93.7 Å². The number of amides is 1. The minimum atomic E-state index is -3.95. The van der Waals surface area contributed by atoms with Crippen molar-refractivity contribution in [1.82, 2.24) is 5.32 Å². The van der Waals surface area contributed by atoms with Crippen molar-refractivity contribution in [2.45, 2.75) is 4.90 Å². The average molecular weight is 471 g/mol. The lowest BCUT2D eigenvalue weighted by Gasteiger charge is -2.07. The molecule has 0 bridgehead atoms. The van der Waals surface area contributed by atoms with Crippen LogP contribution in [-0.4, -0.2) is 19.5 Å². The summed E-state index contributed by atoms with van der Waals surface area (Å²) in [6, 6.07) is 21.3. The molecule has 1 heterocycles. The number of thioether (sulfide) groups is 1. The summed E-state index contributed by atoms with van der Waals surface area (Å²) in [6.07, 6.45) is 1.65. The van der Waals surface area contributed by atoms with Crippen LogP contribution in [0.1, 0.15) is 5.56 Å². The highest BCUT2D eigenvalue weighted by atomic mass is 35.5. The standard InChI is InChI=1S/C22H15ClN2O4S2/c23-16-9-11-17(12-10-16)24-22-25-21(26)20(30-22)14-15-5-4-6-18(13-15)29-31(27,28)19-7-2-1-3-8-19/h1-14H,(H,24,25,26)/b20-14-. The Morgan fingerprint density at radius 1 is 0.968 bits per heavy atom. The van der Waals surface area contributed by atoms with Gasteiger partial charge < -0.3 is 9.50 Å². The highest BCUT2D eigenvalue weighted by Gasteiger charge is 2.24. The Bertz CT molecular complexity index is 1290. The molecule has 9 heteroatoms. The molecule has 0 aromatic heterocycles. The molecule has 1 aliphatic rings. The van der Waals surface area contributed by atoms with Gasteiger partial charge in [0, 0.05) is 5.02 Å². The van der Waals surface area contributed by atoms with E-state index in [0.717, 1.165) is 0 Å². The highest BCUT2D eigenvalue weighted by molar-refractivity contribution is 8.18. The highest BCUT2D eigenvalue weighted by Crippen LogP contribution is 2.29. The van der Waals surface area contributed by atoms with Gasteiger partial charge >= 0.3 is 10.1 Å². The summed E-state index contributed by atoms with van der Waals surface area (Å²) in [6.45, 7) is 0. The lowest BCUT2D eigenvalue weighted by molar-refractivity contribution is -0.115. The molecule has 0 saturated carbocycles. The quantitative estimate of drug-likeness (QED) is 0.419. The van der Waals surface area contributed by atoms with E-state index in [-0.39, 0.29) is 16.6 Å². The second-order valence-corrected chi connectivity index (χ2v) is 9.39. The van der Waals surface area contributed by atoms with Gasteiger partial charge in [-0.15, -0.1) is 0 Å². The molecule has 0 atom stereocenters. The fourth-order valence-corrected chi connectivity index (χ4v) is 4.59. The molecular weight excluding hydrogens is 456 g/mol. The monoisotopic (exact) mass is 470 g/mol. The van der Waals surface area contributed by atoms with Crippen LogP contribution in [0.2, 0.25) is 5.02 Å². The van der Waals surface area contributed by atoms with Crippen LogP contribution in [0, 0.1) is 0 Å². The van der Waals surface area contributed by atoms with Gasteiger partial charge in [0.15, 0.2) is 5.17 Å². The topological polar surface area (TPSA) is 84.8 Å². The number of carbonyl (C=O) groups is 1. The van der Waals surface area contributed by atoms with Crippen molar-refractivity contribution in [3.63, 3.8) is 0 Å². The summed E-state index contributed by atoms with van der Waals surface area (Å²) < 4.78 is 30.1. The molecule has 3 aromatic rings. The van der Waals surface area contributed by atoms with Gasteiger partial charge in [-0.1, -0.05) is 41.9 Å². The smallest absolute Gasteiger partial charge is 0.339 e. The molecule has 1 fully saturated rings. The van der Waals surface area contributed by atoms with Crippen LogP contribution < -0.4 is 9.50 Å². The average Bonchev–Trinajstić information content (AvgIpc) is 3.09. The maximum atomic E-state index is 12.4. The third-order valence-corrected chi connectivity index (χ3v) is 6.53. The second kappa shape index (κ2) is 8.97. The Labute approximate surface area is 188 Å². The Hall–Kier alpha value is -3.07. The first-order chi connectivity index (χ1) is 14.9. The zero-order chi connectivity index (χ0) is 21.8. The van der Waals surface area contributed by atoms with Gasteiger partial charge in [0.1, 0.15) is 10.6 Å². The molecule has 3 aromatic carbocycles. The number of hydrogen-bond acceptors (Lipinski definition) is 6. The first-order valence-corrected chi connectivity index (χ1v) is 11.6. The van der Waals surface area contributed by atoms with E-state index in [1.165, 1.54) is 30.0 Å². The van der Waals surface area contributed by atoms with E-state index in [9.17, 15) is 13.2 Å². The van der Waals surface area contributed by atoms with Crippen LogP contribution in [-0.2, 0) is 14.9 Å². The molecule has 31 heavy (non-hydrogen) atoms. The van der Waals surface area contributed by atoms with Crippen LogP contribution in [0.4, 0.5) is 5.69 Å². The molecule has 0 unspecified atom stereocenters. The van der Waals surface area contributed by atoms with Crippen LogP contribution in [0.25, 0.3) is 6.08 Å². The summed E-state index contributed by atoms with van der Waals surface area (Å²) in [7, 11) is -3.95. The van der Waals surface area contributed by atoms with E-state index in [4.69, 9.17) is 15.8 Å². The number of benzene rings is 3. The number of aliphatic imine (C=N–C) groups is 1. The van der Waals surface area contributed by atoms with E-state index < -0.39 is 10.1 Å². The molecule has 1 saturated heterocycles. The Balaban J connectivity index is 1.53. The molecule has 1 N–H and O–H groups in total. The van der Waals surface area contributed by atoms with Gasteiger partial charge in [-0.3, -0.25) is 4.79 Å². The first kappa shape index (κ1) is 21.2. The third-order valence-electron chi connectivity index (χ3n) is 4.10. The lowest BCUT2D eigenvalue weighted by Crippen LogP contribution is -2.19. The van der Waals surface area contributed by atoms with Gasteiger partial charge in [-0.2, -0.15) is 8.42 Å². The number of carbonyl (C=O) groups excluding carboxylic acids is 1. The maximum absolute atomic E-state index is 12.4. The summed E-state index contributed by atoms with van der Waals surface area (Å²) in [5, 5.41) is 3.75. The normalized spacial score (nSPS) is 16.5. The number of rotatable bonds is 5. The molecule has 1 amide bonds. The molecular formula is C22H15ClN2O4S2. The minimum absolute atomic E-state index is 0.0625. The summed E-state index contributed by atoms with van der Waals surface area (Å²) in [5.74, 6) is -0.141. The van der Waals surface area contributed by atoms with E-state index in [2.05, 4.69) is 10.3 Å². The van der Waals surface area contributed by atoms with Crippen molar-refractivity contribution in [3.8, 4) is 5.75 Å². The number of amidine groups is 1. The van der Waals surface area contributed by atoms with Crippen LogP contribution in [0.5, 0.6) is 5.75 Å². The number of hydrogen-bond donors (Lipinski definition) is 1. The SMILES string of the molecule is O=C1NC(=Nc2ccc(Cl)cc2)S/C1=C\c1cccc(OS(=O)(=O)c2ccccc2)c1. The van der Waals surface area contributed by atoms with Crippen molar-refractivity contribution < 1.29 is 17.4 Å². The number of nitrogens with zero attached hydrogens (tertiary/aromatic N) is 1. The second-order valence-electron chi connectivity index (χ2n) is 6.38. The van der Waals surface area contributed by atoms with Crippen molar-refractivity contribution in [3.05, 3.63) is 94.4 Å². The van der Waals surface area contributed by atoms with Crippen molar-refractivity contribution in [1.29, 1.82) is 0 Å². The van der Waals surface area contributed by atoms with Gasteiger partial charge in [-0.25, -0.2) is 4.99 Å². The fraction of sp³-hybridized carbons (Fsp3) is 0. The summed E-state index contributed by atoms with van der Waals surface area (Å²) >= 11 is 7.06. The maximum Gasteiger partial charge on any atom is 0.339 e. The van der Waals surface area contributed by atoms with E-state index >= 15 is 0 Å². The van der Waals surface area contributed by atoms with Crippen molar-refractivity contribution in [2.75, 3.05) is 0 Å². The molecule has 0 spiro atoms. The summed E-state index contributed by atoms with van der Waals surface area (Å²) in [5.41, 5.74) is 1.28. The molecule has 6 nitrogen and oxygen atoms in total.